The zero-order chi connectivity index (χ0) is 23.5. The molecule has 0 radical (unpaired) electrons. The standard InChI is InChI=1S/C20H17F3N6OS2/c1-11(27-25-10-30)16-7-15-17(29-28-16)32-18(26-19(15,2)3)31-9-12-4-5-14(20(21,22)23)6-13(12)8-24/h4-7,10,27H,1,9H2,2-3H3,(H,25,30). The van der Waals surface area contributed by atoms with Crippen molar-refractivity contribution < 1.29 is 18.0 Å². The summed E-state index contributed by atoms with van der Waals surface area (Å²) in [5, 5.41) is 18.3. The van der Waals surface area contributed by atoms with Gasteiger partial charge in [-0.2, -0.15) is 18.4 Å². The van der Waals surface area contributed by atoms with Crippen LogP contribution in [0.5, 0.6) is 0 Å². The van der Waals surface area contributed by atoms with Crippen LogP contribution in [0.1, 0.15) is 41.8 Å². The zero-order valence-electron chi connectivity index (χ0n) is 16.9. The van der Waals surface area contributed by atoms with Gasteiger partial charge in [0.15, 0.2) is 0 Å². The summed E-state index contributed by atoms with van der Waals surface area (Å²) in [4.78, 5) is 15.2. The van der Waals surface area contributed by atoms with Gasteiger partial charge in [0.2, 0.25) is 6.41 Å². The molecule has 32 heavy (non-hydrogen) atoms. The average Bonchev–Trinajstić information content (AvgIpc) is 2.74. The summed E-state index contributed by atoms with van der Waals surface area (Å²) in [6, 6.07) is 6.77. The first kappa shape index (κ1) is 23.6. The van der Waals surface area contributed by atoms with Crippen LogP contribution in [0.4, 0.5) is 13.2 Å². The molecule has 7 nitrogen and oxygen atoms in total. The van der Waals surface area contributed by atoms with E-state index in [0.29, 0.717) is 32.8 Å². The number of hydrogen-bond donors (Lipinski definition) is 2. The van der Waals surface area contributed by atoms with Crippen LogP contribution in [0.15, 0.2) is 40.9 Å². The van der Waals surface area contributed by atoms with Gasteiger partial charge >= 0.3 is 6.18 Å². The summed E-state index contributed by atoms with van der Waals surface area (Å²) < 4.78 is 39.4. The van der Waals surface area contributed by atoms with E-state index in [1.807, 2.05) is 19.9 Å². The maximum Gasteiger partial charge on any atom is 0.416 e. The molecule has 1 aliphatic rings. The van der Waals surface area contributed by atoms with Crippen molar-refractivity contribution in [2.24, 2.45) is 4.99 Å². The topological polar surface area (TPSA) is 103 Å². The van der Waals surface area contributed by atoms with Crippen LogP contribution in [0.25, 0.3) is 5.70 Å². The lowest BCUT2D eigenvalue weighted by Crippen LogP contribution is -2.29. The van der Waals surface area contributed by atoms with Gasteiger partial charge in [-0.1, -0.05) is 24.4 Å². The van der Waals surface area contributed by atoms with Gasteiger partial charge in [0.05, 0.1) is 28.4 Å². The van der Waals surface area contributed by atoms with E-state index in [1.54, 1.807) is 6.07 Å². The van der Waals surface area contributed by atoms with Crippen molar-refractivity contribution in [3.05, 3.63) is 58.8 Å². The molecule has 2 aromatic rings. The predicted molar refractivity (Wildman–Crippen MR) is 117 cm³/mol. The fourth-order valence-corrected chi connectivity index (χ4v) is 5.21. The molecule has 2 heterocycles. The van der Waals surface area contributed by atoms with Crippen LogP contribution >= 0.6 is 23.5 Å². The minimum Gasteiger partial charge on any atom is -0.297 e. The van der Waals surface area contributed by atoms with Crippen molar-refractivity contribution in [2.75, 3.05) is 0 Å². The Morgan fingerprint density at radius 3 is 2.75 bits per heavy atom. The van der Waals surface area contributed by atoms with Crippen molar-refractivity contribution in [3.63, 3.8) is 0 Å². The lowest BCUT2D eigenvalue weighted by molar-refractivity contribution is -0.137. The number of rotatable bonds is 6. The number of fused-ring (bicyclic) bond motifs is 1. The van der Waals surface area contributed by atoms with Crippen LogP contribution in [0.3, 0.4) is 0 Å². The molecule has 3 rings (SSSR count). The Morgan fingerprint density at radius 2 is 2.09 bits per heavy atom. The van der Waals surface area contributed by atoms with Crippen LogP contribution in [0, 0.1) is 11.3 Å². The molecule has 0 saturated carbocycles. The first-order chi connectivity index (χ1) is 15.0. The van der Waals surface area contributed by atoms with E-state index >= 15 is 0 Å². The van der Waals surface area contributed by atoms with Crippen molar-refractivity contribution in [2.45, 2.75) is 36.3 Å². The maximum absolute atomic E-state index is 12.9. The second-order valence-electron chi connectivity index (χ2n) is 7.12. The molecule has 2 N–H and O–H groups in total. The number of thioether (sulfide) groups is 2. The van der Waals surface area contributed by atoms with Crippen LogP contribution in [-0.4, -0.2) is 21.0 Å². The fraction of sp³-hybridized carbons (Fsp3) is 0.250. The van der Waals surface area contributed by atoms with Gasteiger partial charge < -0.3 is 0 Å². The third kappa shape index (κ3) is 5.23. The lowest BCUT2D eigenvalue weighted by atomic mass is 9.96. The van der Waals surface area contributed by atoms with Crippen molar-refractivity contribution in [1.29, 1.82) is 5.26 Å². The normalized spacial score (nSPS) is 14.6. The Hall–Kier alpha value is -3.04. The minimum absolute atomic E-state index is 0.0206. The number of nitrogens with one attached hydrogen (secondary N) is 2. The Bertz CT molecular complexity index is 1140. The van der Waals surface area contributed by atoms with Gasteiger partial charge in [-0.3, -0.25) is 20.6 Å². The van der Waals surface area contributed by atoms with Gasteiger partial charge in [0.25, 0.3) is 0 Å². The second-order valence-corrected chi connectivity index (χ2v) is 9.32. The fourth-order valence-electron chi connectivity index (χ4n) is 2.80. The lowest BCUT2D eigenvalue weighted by Gasteiger charge is -2.28. The Kier molecular flexibility index (Phi) is 6.80. The molecule has 0 spiro atoms. The van der Waals surface area contributed by atoms with Crippen LogP contribution < -0.4 is 10.9 Å². The maximum atomic E-state index is 12.9. The molecule has 0 atom stereocenters. The monoisotopic (exact) mass is 478 g/mol. The highest BCUT2D eigenvalue weighted by atomic mass is 32.2. The highest BCUT2D eigenvalue weighted by Crippen LogP contribution is 2.42. The summed E-state index contributed by atoms with van der Waals surface area (Å²) >= 11 is 2.61. The number of aliphatic imine (C=N–C) groups is 1. The summed E-state index contributed by atoms with van der Waals surface area (Å²) in [6.45, 7) is 7.59. The summed E-state index contributed by atoms with van der Waals surface area (Å²) in [5.41, 5.74) is 5.48. The summed E-state index contributed by atoms with van der Waals surface area (Å²) in [5.74, 6) is 0.280. The van der Waals surface area contributed by atoms with Gasteiger partial charge in [-0.25, -0.2) is 0 Å². The average molecular weight is 479 g/mol. The van der Waals surface area contributed by atoms with E-state index in [4.69, 9.17) is 4.99 Å². The van der Waals surface area contributed by atoms with Crippen LogP contribution in [-0.2, 0) is 22.3 Å². The Labute approximate surface area is 190 Å². The zero-order valence-corrected chi connectivity index (χ0v) is 18.6. The molecule has 1 aliphatic heterocycles. The number of alkyl halides is 3. The van der Waals surface area contributed by atoms with Crippen molar-refractivity contribution >= 4 is 40.0 Å². The van der Waals surface area contributed by atoms with Crippen molar-refractivity contribution in [3.8, 4) is 6.07 Å². The van der Waals surface area contributed by atoms with E-state index in [9.17, 15) is 23.2 Å². The minimum atomic E-state index is -4.50. The molecular formula is C20H17F3N6OS2. The Morgan fingerprint density at radius 1 is 1.34 bits per heavy atom. The highest BCUT2D eigenvalue weighted by Gasteiger charge is 2.33. The SMILES string of the molecule is C=C(NNC=O)c1cc2c(nn1)SC(SCc1ccc(C(F)(F)F)cc1C#N)=NC2(C)C. The number of benzene rings is 1. The molecule has 0 saturated heterocycles. The van der Waals surface area contributed by atoms with E-state index in [1.165, 1.54) is 29.6 Å². The van der Waals surface area contributed by atoms with Crippen LogP contribution in [0.2, 0.25) is 0 Å². The van der Waals surface area contributed by atoms with Gasteiger partial charge in [-0.15, -0.1) is 10.2 Å². The number of hydrazine groups is 1. The predicted octanol–water partition coefficient (Wildman–Crippen LogP) is 4.22. The molecule has 166 valence electrons. The molecule has 0 aliphatic carbocycles. The second kappa shape index (κ2) is 9.22. The number of halogens is 3. The largest absolute Gasteiger partial charge is 0.416 e. The van der Waals surface area contributed by atoms with E-state index in [0.717, 1.165) is 17.7 Å². The summed E-state index contributed by atoms with van der Waals surface area (Å²) in [7, 11) is 0. The van der Waals surface area contributed by atoms with E-state index < -0.39 is 17.3 Å². The number of nitriles is 1. The van der Waals surface area contributed by atoms with E-state index in [-0.39, 0.29) is 11.3 Å². The number of carbonyl (C=O) groups excluding carboxylic acids is 1. The number of nitrogens with zero attached hydrogens (tertiary/aromatic N) is 4. The molecule has 1 aromatic carbocycles. The third-order valence-electron chi connectivity index (χ3n) is 4.47. The number of carbonyl (C=O) groups is 1. The molecule has 0 bridgehead atoms. The first-order valence-electron chi connectivity index (χ1n) is 9.08. The summed E-state index contributed by atoms with van der Waals surface area (Å²) in [6.07, 6.45) is -4.03. The molecule has 0 fully saturated rings. The Balaban J connectivity index is 1.79. The van der Waals surface area contributed by atoms with Gasteiger partial charge in [-0.05, 0) is 49.4 Å². The number of aromatic nitrogens is 2. The first-order valence-corrected chi connectivity index (χ1v) is 10.9. The number of amides is 1. The van der Waals surface area contributed by atoms with Gasteiger partial charge in [0.1, 0.15) is 15.1 Å². The van der Waals surface area contributed by atoms with Gasteiger partial charge in [0, 0.05) is 11.3 Å². The van der Waals surface area contributed by atoms with E-state index in [2.05, 4.69) is 27.6 Å². The highest BCUT2D eigenvalue weighted by molar-refractivity contribution is 8.38. The molecule has 0 unspecified atom stereocenters. The molecule has 1 amide bonds. The number of hydrogen-bond acceptors (Lipinski definition) is 8. The molecule has 12 heteroatoms. The quantitative estimate of drug-likeness (QED) is 0.473. The smallest absolute Gasteiger partial charge is 0.297 e. The molecular weight excluding hydrogens is 461 g/mol. The molecule has 1 aromatic heterocycles. The third-order valence-corrected chi connectivity index (χ3v) is 6.63. The van der Waals surface area contributed by atoms with Crippen molar-refractivity contribution in [1.82, 2.24) is 21.0 Å².